The first-order valence-corrected chi connectivity index (χ1v) is 7.38. The highest BCUT2D eigenvalue weighted by Gasteiger charge is 2.18. The van der Waals surface area contributed by atoms with E-state index in [4.69, 9.17) is 9.26 Å². The van der Waals surface area contributed by atoms with Crippen molar-refractivity contribution in [1.29, 1.82) is 0 Å². The zero-order valence-corrected chi connectivity index (χ0v) is 12.9. The largest absolute Gasteiger partial charge is 0.481 e. The summed E-state index contributed by atoms with van der Waals surface area (Å²) in [6.07, 6.45) is 2.77. The minimum atomic E-state index is 0.591. The molecule has 8 heteroatoms. The molecule has 0 radical (unpaired) electrons. The van der Waals surface area contributed by atoms with Gasteiger partial charge in [0.2, 0.25) is 17.7 Å². The zero-order valence-electron chi connectivity index (χ0n) is 12.9. The molecule has 3 rings (SSSR count). The molecule has 0 unspecified atom stereocenters. The van der Waals surface area contributed by atoms with Gasteiger partial charge in [-0.1, -0.05) is 5.16 Å². The van der Waals surface area contributed by atoms with Gasteiger partial charge in [-0.15, -0.1) is 0 Å². The van der Waals surface area contributed by atoms with Crippen molar-refractivity contribution in [3.05, 3.63) is 24.0 Å². The quantitative estimate of drug-likeness (QED) is 0.824. The van der Waals surface area contributed by atoms with Crippen LogP contribution in [0.15, 0.2) is 16.8 Å². The maximum atomic E-state index is 5.16. The Morgan fingerprint density at radius 1 is 1.23 bits per heavy atom. The van der Waals surface area contributed by atoms with Gasteiger partial charge in [0.25, 0.3) is 0 Å². The minimum Gasteiger partial charge on any atom is -0.481 e. The number of rotatable bonds is 4. The Kier molecular flexibility index (Phi) is 4.47. The maximum Gasteiger partial charge on any atom is 0.228 e. The van der Waals surface area contributed by atoms with Crippen LogP contribution in [0.5, 0.6) is 5.88 Å². The second kappa shape index (κ2) is 6.69. The molecule has 0 bridgehead atoms. The first kappa shape index (κ1) is 14.7. The van der Waals surface area contributed by atoms with Gasteiger partial charge in [-0.2, -0.15) is 9.97 Å². The van der Waals surface area contributed by atoms with Crippen LogP contribution in [0, 0.1) is 6.92 Å². The van der Waals surface area contributed by atoms with Crippen LogP contribution in [-0.4, -0.2) is 58.3 Å². The summed E-state index contributed by atoms with van der Waals surface area (Å²) >= 11 is 0. The fourth-order valence-corrected chi connectivity index (χ4v) is 2.53. The van der Waals surface area contributed by atoms with E-state index in [2.05, 4.69) is 29.9 Å². The summed E-state index contributed by atoms with van der Waals surface area (Å²) in [5, 5.41) is 3.96. The van der Waals surface area contributed by atoms with Crippen LogP contribution in [0.2, 0.25) is 0 Å². The van der Waals surface area contributed by atoms with E-state index in [1.54, 1.807) is 26.3 Å². The molecule has 118 valence electrons. The molecular weight excluding hydrogens is 284 g/mol. The van der Waals surface area contributed by atoms with Gasteiger partial charge in [0, 0.05) is 45.4 Å². The number of hydrogen-bond donors (Lipinski definition) is 0. The topological polar surface area (TPSA) is 80.4 Å². The Labute approximate surface area is 129 Å². The fraction of sp³-hybridized carbons (Fsp3) is 0.571. The molecule has 1 fully saturated rings. The first-order valence-electron chi connectivity index (χ1n) is 7.38. The van der Waals surface area contributed by atoms with Crippen LogP contribution in [-0.2, 0) is 6.54 Å². The van der Waals surface area contributed by atoms with E-state index < -0.39 is 0 Å². The molecule has 8 nitrogen and oxygen atoms in total. The molecule has 2 aromatic heterocycles. The van der Waals surface area contributed by atoms with Crippen molar-refractivity contribution < 1.29 is 9.26 Å². The molecule has 3 heterocycles. The molecular formula is C14H20N6O2. The Bertz CT molecular complexity index is 617. The van der Waals surface area contributed by atoms with Gasteiger partial charge in [-0.25, -0.2) is 4.98 Å². The molecule has 1 aliphatic heterocycles. The predicted molar refractivity (Wildman–Crippen MR) is 79.7 cm³/mol. The molecule has 22 heavy (non-hydrogen) atoms. The minimum absolute atomic E-state index is 0.591. The number of methoxy groups -OCH3 is 1. The van der Waals surface area contributed by atoms with E-state index in [1.807, 2.05) is 0 Å². The van der Waals surface area contributed by atoms with Crippen LogP contribution >= 0.6 is 0 Å². The van der Waals surface area contributed by atoms with Crippen LogP contribution in [0.4, 0.5) is 5.95 Å². The summed E-state index contributed by atoms with van der Waals surface area (Å²) in [7, 11) is 1.61. The van der Waals surface area contributed by atoms with Crippen molar-refractivity contribution in [3.63, 3.8) is 0 Å². The lowest BCUT2D eigenvalue weighted by Gasteiger charge is -2.21. The van der Waals surface area contributed by atoms with Gasteiger partial charge in [0.1, 0.15) is 0 Å². The number of anilines is 1. The summed E-state index contributed by atoms with van der Waals surface area (Å²) in [6.45, 7) is 6.21. The van der Waals surface area contributed by atoms with Crippen molar-refractivity contribution in [2.45, 2.75) is 19.9 Å². The lowest BCUT2D eigenvalue weighted by Crippen LogP contribution is -2.31. The second-order valence-corrected chi connectivity index (χ2v) is 5.25. The SMILES string of the molecule is COc1ccnc(N2CCCN(Cc3noc(C)n3)CC2)n1. The van der Waals surface area contributed by atoms with Crippen molar-refractivity contribution in [2.24, 2.45) is 0 Å². The predicted octanol–water partition coefficient (Wildman–Crippen LogP) is 0.889. The lowest BCUT2D eigenvalue weighted by atomic mass is 10.4. The monoisotopic (exact) mass is 304 g/mol. The van der Waals surface area contributed by atoms with E-state index in [0.717, 1.165) is 44.4 Å². The fourth-order valence-electron chi connectivity index (χ4n) is 2.53. The van der Waals surface area contributed by atoms with Gasteiger partial charge >= 0.3 is 0 Å². The van der Waals surface area contributed by atoms with E-state index in [1.165, 1.54) is 0 Å². The van der Waals surface area contributed by atoms with Gasteiger partial charge < -0.3 is 14.2 Å². The normalized spacial score (nSPS) is 16.5. The van der Waals surface area contributed by atoms with E-state index in [0.29, 0.717) is 18.3 Å². The number of aromatic nitrogens is 4. The van der Waals surface area contributed by atoms with E-state index in [-0.39, 0.29) is 0 Å². The third-order valence-corrected chi connectivity index (χ3v) is 3.63. The third kappa shape index (κ3) is 3.51. The molecule has 1 saturated heterocycles. The molecule has 0 aromatic carbocycles. The Balaban J connectivity index is 1.61. The summed E-state index contributed by atoms with van der Waals surface area (Å²) in [5.74, 6) is 2.66. The summed E-state index contributed by atoms with van der Waals surface area (Å²) in [5.41, 5.74) is 0. The third-order valence-electron chi connectivity index (χ3n) is 3.63. The molecule has 1 aliphatic rings. The highest BCUT2D eigenvalue weighted by molar-refractivity contribution is 5.32. The van der Waals surface area contributed by atoms with Crippen molar-refractivity contribution in [3.8, 4) is 5.88 Å². The molecule has 0 N–H and O–H groups in total. The summed E-state index contributed by atoms with van der Waals surface area (Å²) < 4.78 is 10.2. The van der Waals surface area contributed by atoms with Crippen molar-refractivity contribution in [1.82, 2.24) is 25.0 Å². The lowest BCUT2D eigenvalue weighted by molar-refractivity contribution is 0.272. The number of aryl methyl sites for hydroxylation is 1. The molecule has 0 aliphatic carbocycles. The van der Waals surface area contributed by atoms with Crippen LogP contribution in [0.1, 0.15) is 18.1 Å². The standard InChI is InChI=1S/C14H20N6O2/c1-11-16-12(18-22-11)10-19-6-3-7-20(9-8-19)14-15-5-4-13(17-14)21-2/h4-5H,3,6-10H2,1-2H3. The molecule has 0 spiro atoms. The Morgan fingerprint density at radius 3 is 2.91 bits per heavy atom. The molecule has 0 saturated carbocycles. The zero-order chi connectivity index (χ0) is 15.4. The maximum absolute atomic E-state index is 5.16. The van der Waals surface area contributed by atoms with Gasteiger partial charge in [-0.3, -0.25) is 4.90 Å². The number of ether oxygens (including phenoxy) is 1. The average Bonchev–Trinajstić information content (AvgIpc) is 2.81. The van der Waals surface area contributed by atoms with E-state index in [9.17, 15) is 0 Å². The van der Waals surface area contributed by atoms with Gasteiger partial charge in [-0.05, 0) is 6.42 Å². The highest BCUT2D eigenvalue weighted by atomic mass is 16.5. The summed E-state index contributed by atoms with van der Waals surface area (Å²) in [6, 6.07) is 1.76. The van der Waals surface area contributed by atoms with Crippen LogP contribution < -0.4 is 9.64 Å². The molecule has 0 atom stereocenters. The molecule has 0 amide bonds. The van der Waals surface area contributed by atoms with E-state index >= 15 is 0 Å². The smallest absolute Gasteiger partial charge is 0.228 e. The highest BCUT2D eigenvalue weighted by Crippen LogP contribution is 2.15. The Hall–Kier alpha value is -2.22. The second-order valence-electron chi connectivity index (χ2n) is 5.25. The van der Waals surface area contributed by atoms with Crippen molar-refractivity contribution >= 4 is 5.95 Å². The Morgan fingerprint density at radius 2 is 2.14 bits per heavy atom. The van der Waals surface area contributed by atoms with Crippen molar-refractivity contribution in [2.75, 3.05) is 38.2 Å². The van der Waals surface area contributed by atoms with Crippen LogP contribution in [0.25, 0.3) is 0 Å². The molecule has 2 aromatic rings. The average molecular weight is 304 g/mol. The number of hydrogen-bond acceptors (Lipinski definition) is 8. The van der Waals surface area contributed by atoms with Crippen LogP contribution in [0.3, 0.4) is 0 Å². The van der Waals surface area contributed by atoms with Gasteiger partial charge in [0.05, 0.1) is 13.7 Å². The van der Waals surface area contributed by atoms with Gasteiger partial charge in [0.15, 0.2) is 5.82 Å². The first-order chi connectivity index (χ1) is 10.7. The number of nitrogens with zero attached hydrogens (tertiary/aromatic N) is 6. The summed E-state index contributed by atoms with van der Waals surface area (Å²) in [4.78, 5) is 17.5.